The number of phenolic OH excluding ortho intramolecular Hbond substituents is 2. The molecule has 3 aromatic carbocycles. The van der Waals surface area contributed by atoms with Crippen LogP contribution in [-0.2, 0) is 0 Å². The van der Waals surface area contributed by atoms with Crippen LogP contribution < -0.4 is 5.43 Å². The molecule has 152 valence electrons. The van der Waals surface area contributed by atoms with Gasteiger partial charge in [0.05, 0.1) is 21.6 Å². The van der Waals surface area contributed by atoms with Crippen LogP contribution in [-0.4, -0.2) is 25.8 Å². The van der Waals surface area contributed by atoms with Crippen molar-refractivity contribution in [1.82, 2.24) is 0 Å². The molecule has 0 saturated carbocycles. The van der Waals surface area contributed by atoms with E-state index in [0.717, 1.165) is 6.07 Å². The van der Waals surface area contributed by atoms with Crippen LogP contribution in [0.5, 0.6) is 11.5 Å². The number of hydrogen-bond donors (Lipinski definition) is 3. The second-order valence-electron chi connectivity index (χ2n) is 6.34. The van der Waals surface area contributed by atoms with E-state index in [-0.39, 0.29) is 28.4 Å². The molecule has 0 aromatic heterocycles. The Morgan fingerprint density at radius 2 is 1.30 bits per heavy atom. The lowest BCUT2D eigenvalue weighted by molar-refractivity contribution is -0.394. The van der Waals surface area contributed by atoms with Crippen LogP contribution in [0.25, 0.3) is 0 Å². The Morgan fingerprint density at radius 3 is 1.73 bits per heavy atom. The average Bonchev–Trinajstić information content (AvgIpc) is 2.70. The maximum absolute atomic E-state index is 11.4. The Hall–Kier alpha value is -4.47. The predicted octanol–water partition coefficient (Wildman–Crippen LogP) is 4.09. The van der Waals surface area contributed by atoms with Crippen molar-refractivity contribution in [2.24, 2.45) is 5.10 Å². The summed E-state index contributed by atoms with van der Waals surface area (Å²) in [6, 6.07) is 14.5. The number of phenols is 2. The van der Waals surface area contributed by atoms with Gasteiger partial charge in [-0.2, -0.15) is 5.10 Å². The molecule has 0 aliphatic rings. The molecule has 3 N–H and O–H groups in total. The van der Waals surface area contributed by atoms with Gasteiger partial charge in [-0.15, -0.1) is 0 Å². The summed E-state index contributed by atoms with van der Waals surface area (Å²) in [6.45, 7) is 1.47. The highest BCUT2D eigenvalue weighted by Crippen LogP contribution is 2.32. The summed E-state index contributed by atoms with van der Waals surface area (Å²) < 4.78 is 0. The Morgan fingerprint density at radius 1 is 0.833 bits per heavy atom. The SMILES string of the molecule is Cc1cc(NN=C(c2ccc(O)cc2)c2ccc(O)cc2)c([N+](=O)[O-])cc1[N+](=O)[O-]. The zero-order chi connectivity index (χ0) is 21.8. The highest BCUT2D eigenvalue weighted by molar-refractivity contribution is 6.13. The van der Waals surface area contributed by atoms with Crippen molar-refractivity contribution in [3.63, 3.8) is 0 Å². The minimum absolute atomic E-state index is 0.0156. The fourth-order valence-electron chi connectivity index (χ4n) is 2.77. The van der Waals surface area contributed by atoms with Crippen molar-refractivity contribution < 1.29 is 20.1 Å². The maximum atomic E-state index is 11.4. The zero-order valence-electron chi connectivity index (χ0n) is 15.6. The van der Waals surface area contributed by atoms with Gasteiger partial charge in [0.25, 0.3) is 5.69 Å². The monoisotopic (exact) mass is 408 g/mol. The van der Waals surface area contributed by atoms with Gasteiger partial charge < -0.3 is 10.2 Å². The summed E-state index contributed by atoms with van der Waals surface area (Å²) in [4.78, 5) is 21.1. The van der Waals surface area contributed by atoms with Gasteiger partial charge in [0.1, 0.15) is 17.2 Å². The molecule has 10 nitrogen and oxygen atoms in total. The van der Waals surface area contributed by atoms with E-state index < -0.39 is 15.5 Å². The Bertz CT molecular complexity index is 1090. The second-order valence-corrected chi connectivity index (χ2v) is 6.34. The number of nitrogens with zero attached hydrogens (tertiary/aromatic N) is 3. The van der Waals surface area contributed by atoms with E-state index in [1.165, 1.54) is 37.3 Å². The molecule has 3 rings (SSSR count). The van der Waals surface area contributed by atoms with Crippen molar-refractivity contribution in [2.45, 2.75) is 6.92 Å². The molecule has 0 aliphatic heterocycles. The molecule has 0 radical (unpaired) electrons. The Labute approximate surface area is 170 Å². The molecule has 0 atom stereocenters. The molecule has 0 saturated heterocycles. The number of benzene rings is 3. The summed E-state index contributed by atoms with van der Waals surface area (Å²) in [5.74, 6) is 0.108. The number of aromatic hydroxyl groups is 2. The highest BCUT2D eigenvalue weighted by Gasteiger charge is 2.22. The van der Waals surface area contributed by atoms with Crippen LogP contribution in [0.1, 0.15) is 16.7 Å². The van der Waals surface area contributed by atoms with E-state index in [9.17, 15) is 30.4 Å². The molecule has 0 fully saturated rings. The van der Waals surface area contributed by atoms with Crippen molar-refractivity contribution >= 4 is 22.8 Å². The molecule has 0 heterocycles. The van der Waals surface area contributed by atoms with Crippen LogP contribution in [0, 0.1) is 27.2 Å². The van der Waals surface area contributed by atoms with Crippen LogP contribution >= 0.6 is 0 Å². The quantitative estimate of drug-likeness (QED) is 0.316. The summed E-state index contributed by atoms with van der Waals surface area (Å²) in [7, 11) is 0. The third-order valence-electron chi connectivity index (χ3n) is 4.28. The van der Waals surface area contributed by atoms with Gasteiger partial charge in [0.15, 0.2) is 0 Å². The summed E-state index contributed by atoms with van der Waals surface area (Å²) in [5, 5.41) is 45.8. The first-order valence-corrected chi connectivity index (χ1v) is 8.62. The van der Waals surface area contributed by atoms with Crippen LogP contribution in [0.3, 0.4) is 0 Å². The van der Waals surface area contributed by atoms with Crippen LogP contribution in [0.4, 0.5) is 17.1 Å². The lowest BCUT2D eigenvalue weighted by Gasteiger charge is -2.10. The van der Waals surface area contributed by atoms with Gasteiger partial charge in [-0.25, -0.2) is 0 Å². The molecular formula is C20H16N4O6. The van der Waals surface area contributed by atoms with Gasteiger partial charge in [0, 0.05) is 16.7 Å². The van der Waals surface area contributed by atoms with E-state index in [2.05, 4.69) is 10.5 Å². The molecule has 0 amide bonds. The smallest absolute Gasteiger partial charge is 0.301 e. The fourth-order valence-corrected chi connectivity index (χ4v) is 2.77. The predicted molar refractivity (Wildman–Crippen MR) is 110 cm³/mol. The van der Waals surface area contributed by atoms with Crippen LogP contribution in [0.2, 0.25) is 0 Å². The standard InChI is InChI=1S/C20H16N4O6/c1-12-10-17(19(24(29)30)11-18(12)23(27)28)21-22-20(13-2-6-15(25)7-3-13)14-4-8-16(26)9-5-14/h2-11,21,25-26H,1H3. The molecule has 30 heavy (non-hydrogen) atoms. The zero-order valence-corrected chi connectivity index (χ0v) is 15.6. The van der Waals surface area contributed by atoms with Crippen molar-refractivity contribution in [1.29, 1.82) is 0 Å². The Balaban J connectivity index is 2.09. The third-order valence-corrected chi connectivity index (χ3v) is 4.28. The van der Waals surface area contributed by atoms with E-state index in [0.29, 0.717) is 16.8 Å². The number of hydrogen-bond acceptors (Lipinski definition) is 8. The van der Waals surface area contributed by atoms with Gasteiger partial charge in [-0.05, 0) is 61.5 Å². The lowest BCUT2D eigenvalue weighted by atomic mass is 10.0. The second kappa shape index (κ2) is 8.27. The number of hydrazone groups is 1. The third kappa shape index (κ3) is 4.33. The van der Waals surface area contributed by atoms with E-state index in [1.54, 1.807) is 24.3 Å². The fraction of sp³-hybridized carbons (Fsp3) is 0.0500. The first-order valence-electron chi connectivity index (χ1n) is 8.62. The molecule has 0 bridgehead atoms. The molecular weight excluding hydrogens is 392 g/mol. The summed E-state index contributed by atoms with van der Waals surface area (Å²) >= 11 is 0. The van der Waals surface area contributed by atoms with Gasteiger partial charge in [-0.3, -0.25) is 25.7 Å². The van der Waals surface area contributed by atoms with E-state index >= 15 is 0 Å². The minimum atomic E-state index is -0.731. The minimum Gasteiger partial charge on any atom is -0.508 e. The number of nitro benzene ring substituents is 2. The normalized spacial score (nSPS) is 10.3. The largest absolute Gasteiger partial charge is 0.508 e. The summed E-state index contributed by atoms with van der Waals surface area (Å²) in [6.07, 6.45) is 0. The molecule has 3 aromatic rings. The van der Waals surface area contributed by atoms with Crippen molar-refractivity contribution in [2.75, 3.05) is 5.43 Å². The highest BCUT2D eigenvalue weighted by atomic mass is 16.6. The van der Waals surface area contributed by atoms with Crippen molar-refractivity contribution in [3.05, 3.63) is 97.6 Å². The lowest BCUT2D eigenvalue weighted by Crippen LogP contribution is -2.08. The average molecular weight is 408 g/mol. The van der Waals surface area contributed by atoms with Gasteiger partial charge >= 0.3 is 5.69 Å². The van der Waals surface area contributed by atoms with Gasteiger partial charge in [-0.1, -0.05) is 0 Å². The van der Waals surface area contributed by atoms with Crippen molar-refractivity contribution in [3.8, 4) is 11.5 Å². The molecule has 10 heteroatoms. The number of aryl methyl sites for hydroxylation is 1. The first-order chi connectivity index (χ1) is 14.3. The van der Waals surface area contributed by atoms with E-state index in [4.69, 9.17) is 0 Å². The van der Waals surface area contributed by atoms with Gasteiger partial charge in [0.2, 0.25) is 0 Å². The first kappa shape index (κ1) is 20.3. The van der Waals surface area contributed by atoms with Crippen LogP contribution in [0.15, 0.2) is 65.8 Å². The topological polar surface area (TPSA) is 151 Å². The molecule has 0 aliphatic carbocycles. The Kier molecular flexibility index (Phi) is 5.59. The molecule has 0 spiro atoms. The maximum Gasteiger partial charge on any atom is 0.301 e. The number of rotatable bonds is 6. The molecule has 0 unspecified atom stereocenters. The number of anilines is 1. The number of nitro groups is 2. The van der Waals surface area contributed by atoms with E-state index in [1.807, 2.05) is 0 Å². The number of nitrogens with one attached hydrogen (secondary N) is 1. The summed E-state index contributed by atoms with van der Waals surface area (Å²) in [5.41, 5.74) is 3.54.